The third-order valence-electron chi connectivity index (χ3n) is 5.55. The summed E-state index contributed by atoms with van der Waals surface area (Å²) in [7, 11) is 1.32. The summed E-state index contributed by atoms with van der Waals surface area (Å²) < 4.78 is 44.3. The number of alkyl halides is 3. The van der Waals surface area contributed by atoms with E-state index >= 15 is 0 Å². The average Bonchev–Trinajstić information content (AvgIpc) is 3.45. The van der Waals surface area contributed by atoms with Gasteiger partial charge in [0.25, 0.3) is 5.91 Å². The first-order chi connectivity index (χ1) is 16.2. The molecule has 176 valence electrons. The minimum Gasteiger partial charge on any atom is -0.496 e. The Labute approximate surface area is 195 Å². The van der Waals surface area contributed by atoms with E-state index in [9.17, 15) is 18.0 Å². The van der Waals surface area contributed by atoms with E-state index in [4.69, 9.17) is 16.3 Å². The first-order valence-corrected chi connectivity index (χ1v) is 10.5. The van der Waals surface area contributed by atoms with Crippen LogP contribution in [-0.2, 0) is 0 Å². The number of H-pyrrole nitrogens is 1. The molecule has 2 aromatic heterocycles. The van der Waals surface area contributed by atoms with Crippen molar-refractivity contribution in [2.24, 2.45) is 0 Å². The molecule has 0 aliphatic carbocycles. The highest BCUT2D eigenvalue weighted by Crippen LogP contribution is 2.43. The Morgan fingerprint density at radius 3 is 2.85 bits per heavy atom. The molecule has 0 radical (unpaired) electrons. The molecule has 5 rings (SSSR count). The van der Waals surface area contributed by atoms with Gasteiger partial charge in [-0.05, 0) is 25.1 Å². The van der Waals surface area contributed by atoms with Crippen molar-refractivity contribution in [2.75, 3.05) is 19.0 Å². The number of nitrogens with one attached hydrogen (secondary N) is 3. The molecule has 3 N–H and O–H groups in total. The number of amides is 1. The molecule has 0 saturated carbocycles. The smallest absolute Gasteiger partial charge is 0.405 e. The monoisotopic (exact) mass is 491 g/mol. The van der Waals surface area contributed by atoms with Crippen molar-refractivity contribution in [1.29, 1.82) is 0 Å². The van der Waals surface area contributed by atoms with Gasteiger partial charge in [0.15, 0.2) is 5.82 Å². The number of methoxy groups -OCH3 is 1. The van der Waals surface area contributed by atoms with E-state index in [1.54, 1.807) is 16.9 Å². The molecule has 1 amide bonds. The van der Waals surface area contributed by atoms with Crippen molar-refractivity contribution in [3.05, 3.63) is 46.6 Å². The number of halogens is 4. The summed E-state index contributed by atoms with van der Waals surface area (Å²) in [6, 6.07) is 6.17. The minimum absolute atomic E-state index is 0.0335. The van der Waals surface area contributed by atoms with Crippen molar-refractivity contribution < 1.29 is 22.7 Å². The zero-order valence-corrected chi connectivity index (χ0v) is 18.5. The number of anilines is 2. The number of hydrogen-bond donors (Lipinski definition) is 3. The topological polar surface area (TPSA) is 110 Å². The number of ether oxygens (including phenoxy) is 1. The van der Waals surface area contributed by atoms with Crippen LogP contribution in [0.25, 0.3) is 22.3 Å². The fourth-order valence-corrected chi connectivity index (χ4v) is 4.17. The molecular formula is C21H17ClF3N7O2. The van der Waals surface area contributed by atoms with Crippen LogP contribution in [0.15, 0.2) is 30.5 Å². The van der Waals surface area contributed by atoms with E-state index in [1.165, 1.54) is 19.2 Å². The molecule has 1 atom stereocenters. The summed E-state index contributed by atoms with van der Waals surface area (Å²) in [5.74, 6) is -0.000710. The van der Waals surface area contributed by atoms with Crippen molar-refractivity contribution >= 4 is 40.0 Å². The van der Waals surface area contributed by atoms with E-state index in [0.717, 1.165) is 16.5 Å². The van der Waals surface area contributed by atoms with Crippen molar-refractivity contribution in [2.45, 2.75) is 19.1 Å². The van der Waals surface area contributed by atoms with E-state index < -0.39 is 18.6 Å². The molecule has 0 saturated heterocycles. The Morgan fingerprint density at radius 2 is 2.12 bits per heavy atom. The number of benzene rings is 2. The van der Waals surface area contributed by atoms with Crippen LogP contribution in [0.3, 0.4) is 0 Å². The third-order valence-corrected chi connectivity index (χ3v) is 5.94. The number of carbonyl (C=O) groups is 1. The van der Waals surface area contributed by atoms with Gasteiger partial charge in [-0.1, -0.05) is 17.7 Å². The highest BCUT2D eigenvalue weighted by molar-refractivity contribution is 6.38. The molecule has 2 aromatic carbocycles. The lowest BCUT2D eigenvalue weighted by Crippen LogP contribution is -2.33. The fourth-order valence-electron chi connectivity index (χ4n) is 3.86. The lowest BCUT2D eigenvalue weighted by atomic mass is 10.0. The molecule has 1 aliphatic heterocycles. The highest BCUT2D eigenvalue weighted by Gasteiger charge is 2.30. The zero-order chi connectivity index (χ0) is 24.2. The normalized spacial score (nSPS) is 14.9. The predicted octanol–water partition coefficient (Wildman–Crippen LogP) is 4.44. The van der Waals surface area contributed by atoms with Gasteiger partial charge in [-0.3, -0.25) is 9.89 Å². The first kappa shape index (κ1) is 22.0. The minimum atomic E-state index is -4.52. The molecule has 13 heteroatoms. The van der Waals surface area contributed by atoms with Gasteiger partial charge in [-0.25, -0.2) is 4.68 Å². The SMILES string of the molecule is COc1cc(-c2nc3n(n2)C(C)c2cc4[nH]ncc4c(Cl)c2N3)ccc1C(=O)NCC(F)(F)F. The Hall–Kier alpha value is -3.80. The van der Waals surface area contributed by atoms with Crippen LogP contribution in [0, 0.1) is 0 Å². The van der Waals surface area contributed by atoms with Gasteiger partial charge in [-0.15, -0.1) is 5.10 Å². The molecule has 9 nitrogen and oxygen atoms in total. The molecule has 3 heterocycles. The predicted molar refractivity (Wildman–Crippen MR) is 119 cm³/mol. The van der Waals surface area contributed by atoms with E-state index in [0.29, 0.717) is 28.0 Å². The number of aromatic nitrogens is 5. The van der Waals surface area contributed by atoms with Crippen LogP contribution < -0.4 is 15.4 Å². The first-order valence-electron chi connectivity index (χ1n) is 10.1. The van der Waals surface area contributed by atoms with Crippen molar-refractivity contribution in [3.8, 4) is 17.1 Å². The highest BCUT2D eigenvalue weighted by atomic mass is 35.5. The van der Waals surface area contributed by atoms with Gasteiger partial charge in [0.2, 0.25) is 5.95 Å². The lowest BCUT2D eigenvalue weighted by molar-refractivity contribution is -0.123. The Kier molecular flexibility index (Phi) is 5.12. The number of fused-ring (bicyclic) bond motifs is 3. The summed E-state index contributed by atoms with van der Waals surface area (Å²) in [6.45, 7) is 0.512. The van der Waals surface area contributed by atoms with Gasteiger partial charge in [0.1, 0.15) is 12.3 Å². The quantitative estimate of drug-likeness (QED) is 0.389. The Morgan fingerprint density at radius 1 is 1.32 bits per heavy atom. The van der Waals surface area contributed by atoms with E-state index in [1.807, 2.05) is 18.3 Å². The van der Waals surface area contributed by atoms with Crippen LogP contribution in [0.2, 0.25) is 5.02 Å². The molecule has 0 spiro atoms. The third kappa shape index (κ3) is 3.69. The molecule has 34 heavy (non-hydrogen) atoms. The van der Waals surface area contributed by atoms with Gasteiger partial charge in [-0.2, -0.15) is 23.3 Å². The van der Waals surface area contributed by atoms with Gasteiger partial charge >= 0.3 is 6.18 Å². The number of aromatic amines is 1. The van der Waals surface area contributed by atoms with E-state index in [-0.39, 0.29) is 17.4 Å². The average molecular weight is 492 g/mol. The van der Waals surface area contributed by atoms with Crippen LogP contribution >= 0.6 is 11.6 Å². The zero-order valence-electron chi connectivity index (χ0n) is 17.8. The maximum absolute atomic E-state index is 12.4. The molecular weight excluding hydrogens is 475 g/mol. The Bertz CT molecular complexity index is 1430. The molecule has 0 bridgehead atoms. The summed E-state index contributed by atoms with van der Waals surface area (Å²) in [6.07, 6.45) is -2.87. The molecule has 0 fully saturated rings. The second-order valence-corrected chi connectivity index (χ2v) is 8.08. The van der Waals surface area contributed by atoms with E-state index in [2.05, 4.69) is 25.6 Å². The van der Waals surface area contributed by atoms with Crippen LogP contribution in [0.5, 0.6) is 5.75 Å². The lowest BCUT2D eigenvalue weighted by Gasteiger charge is -2.25. The number of nitrogens with zero attached hydrogens (tertiary/aromatic N) is 4. The van der Waals surface area contributed by atoms with Crippen LogP contribution in [-0.4, -0.2) is 50.7 Å². The number of carbonyl (C=O) groups excluding carboxylic acids is 1. The second-order valence-electron chi connectivity index (χ2n) is 7.70. The maximum atomic E-state index is 12.4. The van der Waals surface area contributed by atoms with Gasteiger partial charge < -0.3 is 15.4 Å². The fraction of sp³-hybridized carbons (Fsp3) is 0.238. The van der Waals surface area contributed by atoms with Gasteiger partial charge in [0.05, 0.1) is 41.1 Å². The second kappa shape index (κ2) is 7.90. The summed E-state index contributed by atoms with van der Waals surface area (Å²) in [5, 5.41) is 17.9. The van der Waals surface area contributed by atoms with Crippen LogP contribution in [0.1, 0.15) is 28.9 Å². The molecule has 1 aliphatic rings. The number of rotatable bonds is 4. The standard InChI is InChI=1S/C21H17ClF3N7O2/c1-9-12-6-14-13(7-27-30-14)16(22)17(12)28-20-29-18(31-32(9)20)10-3-4-11(15(5-10)34-2)19(33)26-8-21(23,24)25/h3-7,9H,8H2,1-2H3,(H,26,33)(H,27,30)(H,28,29,31). The van der Waals surface area contributed by atoms with Crippen molar-refractivity contribution in [3.63, 3.8) is 0 Å². The summed E-state index contributed by atoms with van der Waals surface area (Å²) in [4.78, 5) is 16.8. The number of hydrogen-bond acceptors (Lipinski definition) is 6. The van der Waals surface area contributed by atoms with Gasteiger partial charge in [0, 0.05) is 16.5 Å². The summed E-state index contributed by atoms with van der Waals surface area (Å²) in [5.41, 5.74) is 2.90. The summed E-state index contributed by atoms with van der Waals surface area (Å²) >= 11 is 6.59. The molecule has 4 aromatic rings. The van der Waals surface area contributed by atoms with Crippen LogP contribution in [0.4, 0.5) is 24.8 Å². The Balaban J connectivity index is 1.47. The molecule has 1 unspecified atom stereocenters. The van der Waals surface area contributed by atoms with Crippen molar-refractivity contribution in [1.82, 2.24) is 30.3 Å². The largest absolute Gasteiger partial charge is 0.496 e. The maximum Gasteiger partial charge on any atom is 0.405 e.